The summed E-state index contributed by atoms with van der Waals surface area (Å²) in [6, 6.07) is 16.6. The number of nitrogens with zero attached hydrogens (tertiary/aromatic N) is 6. The van der Waals surface area contributed by atoms with Crippen LogP contribution in [0.25, 0.3) is 28.6 Å². The largest absolute Gasteiger partial charge is 0.381 e. The highest BCUT2D eigenvalue weighted by atomic mass is 16.2. The third-order valence-electron chi connectivity index (χ3n) is 6.96. The van der Waals surface area contributed by atoms with Crippen LogP contribution < -0.4 is 16.6 Å². The summed E-state index contributed by atoms with van der Waals surface area (Å²) in [7, 11) is 1.86. The van der Waals surface area contributed by atoms with Gasteiger partial charge in [-0.25, -0.2) is 9.67 Å². The van der Waals surface area contributed by atoms with E-state index in [2.05, 4.69) is 20.5 Å². The number of rotatable bonds is 6. The number of fused-ring (bicyclic) bond motifs is 2. The van der Waals surface area contributed by atoms with E-state index in [-0.39, 0.29) is 16.9 Å². The molecule has 200 valence electrons. The molecule has 3 N–H and O–H groups in total. The van der Waals surface area contributed by atoms with Crippen LogP contribution in [-0.2, 0) is 13.6 Å². The molecule has 0 spiro atoms. The maximum atomic E-state index is 14.2. The Kier molecular flexibility index (Phi) is 6.35. The number of anilines is 1. The first-order valence-corrected chi connectivity index (χ1v) is 13.0. The Morgan fingerprint density at radius 2 is 1.95 bits per heavy atom. The van der Waals surface area contributed by atoms with Gasteiger partial charge in [0.15, 0.2) is 11.6 Å². The summed E-state index contributed by atoms with van der Waals surface area (Å²) >= 11 is 0. The number of aliphatic imine (C=N–C) groups is 1. The third kappa shape index (κ3) is 4.49. The highest BCUT2D eigenvalue weighted by molar-refractivity contribution is 6.03. The van der Waals surface area contributed by atoms with Crippen molar-refractivity contribution in [2.24, 2.45) is 12.0 Å². The summed E-state index contributed by atoms with van der Waals surface area (Å²) in [6.45, 7) is 2.46. The van der Waals surface area contributed by atoms with Gasteiger partial charge in [0.2, 0.25) is 0 Å². The van der Waals surface area contributed by atoms with Gasteiger partial charge in [-0.05, 0) is 36.1 Å². The lowest BCUT2D eigenvalue weighted by Gasteiger charge is -2.21. The minimum atomic E-state index is -0.540. The maximum Gasteiger partial charge on any atom is 0.263 e. The Hall–Kier alpha value is -5.25. The standard InChI is InChI=1S/C30H28N8O2/c1-19(34-29(39)26-27(31)35-37-15-7-14-32-28(26)37)24-16-22-9-6-8-21(13-12-20-17-33-36(2)18-20)25(22)30(40)38(24)23-10-4-3-5-11-23/h3-6,8-14,16-19H,7,15H2,1-2H3,(H2,31,35)(H,34,39)/b13-12+. The number of carbonyl (C=O) groups is 1. The highest BCUT2D eigenvalue weighted by Gasteiger charge is 2.26. The zero-order valence-electron chi connectivity index (χ0n) is 22.2. The van der Waals surface area contributed by atoms with Crippen LogP contribution in [0.4, 0.5) is 11.6 Å². The molecule has 0 fully saturated rings. The average molecular weight is 533 g/mol. The molecule has 3 aromatic heterocycles. The van der Waals surface area contributed by atoms with Crippen LogP contribution in [0.5, 0.6) is 0 Å². The molecule has 0 saturated heterocycles. The maximum absolute atomic E-state index is 14.2. The van der Waals surface area contributed by atoms with Crippen LogP contribution in [0.2, 0.25) is 0 Å². The van der Waals surface area contributed by atoms with Gasteiger partial charge in [0.25, 0.3) is 11.5 Å². The minimum absolute atomic E-state index is 0.128. The fourth-order valence-corrected chi connectivity index (χ4v) is 5.07. The molecular formula is C30H28N8O2. The first kappa shape index (κ1) is 25.1. The summed E-state index contributed by atoms with van der Waals surface area (Å²) in [5.74, 6) is 0.172. The Labute approximate surface area is 230 Å². The SMILES string of the molecule is CC(NC(=O)c1c(N)nn2c1N=CCC2)c1cc2cccc(/C=C/c3cnn(C)c3)c2c(=O)n1-c1ccccc1. The number of carbonyl (C=O) groups excluding carboxylic acids is 1. The van der Waals surface area contributed by atoms with E-state index in [0.29, 0.717) is 29.1 Å². The van der Waals surface area contributed by atoms with Crippen molar-refractivity contribution in [3.63, 3.8) is 0 Å². The van der Waals surface area contributed by atoms with Crippen molar-refractivity contribution in [1.82, 2.24) is 29.4 Å². The molecule has 0 saturated carbocycles. The second-order valence-corrected chi connectivity index (χ2v) is 9.74. The molecule has 0 aliphatic carbocycles. The van der Waals surface area contributed by atoms with E-state index >= 15 is 0 Å². The number of aryl methyl sites for hydroxylation is 2. The molecule has 1 aliphatic heterocycles. The normalized spacial score (nSPS) is 13.6. The van der Waals surface area contributed by atoms with E-state index in [1.54, 1.807) is 26.3 Å². The quantitative estimate of drug-likeness (QED) is 0.338. The zero-order valence-corrected chi connectivity index (χ0v) is 22.2. The molecule has 10 nitrogen and oxygen atoms in total. The number of amides is 1. The van der Waals surface area contributed by atoms with Crippen molar-refractivity contribution < 1.29 is 4.79 Å². The number of aromatic nitrogens is 5. The molecule has 1 atom stereocenters. The predicted octanol–water partition coefficient (Wildman–Crippen LogP) is 4.27. The molecule has 1 aliphatic rings. The summed E-state index contributed by atoms with van der Waals surface area (Å²) < 4.78 is 5.03. The molecule has 6 rings (SSSR count). The number of para-hydroxylation sites is 1. The van der Waals surface area contributed by atoms with E-state index in [1.807, 2.05) is 86.9 Å². The third-order valence-corrected chi connectivity index (χ3v) is 6.96. The number of benzene rings is 2. The molecule has 0 bridgehead atoms. The Morgan fingerprint density at radius 3 is 2.73 bits per heavy atom. The Morgan fingerprint density at radius 1 is 1.12 bits per heavy atom. The minimum Gasteiger partial charge on any atom is -0.381 e. The first-order chi connectivity index (χ1) is 19.4. The fourth-order valence-electron chi connectivity index (χ4n) is 5.07. The van der Waals surface area contributed by atoms with E-state index in [9.17, 15) is 9.59 Å². The molecule has 5 aromatic rings. The number of hydrogen-bond donors (Lipinski definition) is 2. The van der Waals surface area contributed by atoms with E-state index in [0.717, 1.165) is 22.9 Å². The second kappa shape index (κ2) is 10.1. The van der Waals surface area contributed by atoms with Gasteiger partial charge in [0.1, 0.15) is 5.56 Å². The molecular weight excluding hydrogens is 504 g/mol. The second-order valence-electron chi connectivity index (χ2n) is 9.74. The fraction of sp³-hybridized carbons (Fsp3) is 0.167. The van der Waals surface area contributed by atoms with Crippen molar-refractivity contribution in [3.8, 4) is 5.69 Å². The average Bonchev–Trinajstić information content (AvgIpc) is 3.53. The van der Waals surface area contributed by atoms with E-state index in [4.69, 9.17) is 5.73 Å². The van der Waals surface area contributed by atoms with Crippen molar-refractivity contribution in [2.75, 3.05) is 5.73 Å². The van der Waals surface area contributed by atoms with Gasteiger partial charge in [-0.15, -0.1) is 0 Å². The van der Waals surface area contributed by atoms with Crippen LogP contribution in [-0.4, -0.2) is 36.2 Å². The monoisotopic (exact) mass is 532 g/mol. The van der Waals surface area contributed by atoms with Gasteiger partial charge in [0, 0.05) is 49.4 Å². The van der Waals surface area contributed by atoms with Crippen LogP contribution >= 0.6 is 0 Å². The smallest absolute Gasteiger partial charge is 0.263 e. The van der Waals surface area contributed by atoms with Gasteiger partial charge in [-0.3, -0.25) is 18.8 Å². The molecule has 1 amide bonds. The number of nitrogen functional groups attached to an aromatic ring is 1. The van der Waals surface area contributed by atoms with Gasteiger partial charge in [-0.2, -0.15) is 10.2 Å². The summed E-state index contributed by atoms with van der Waals surface area (Å²) in [5, 5.41) is 12.9. The van der Waals surface area contributed by atoms with Crippen molar-refractivity contribution in [1.29, 1.82) is 0 Å². The lowest BCUT2D eigenvalue weighted by molar-refractivity contribution is 0.0940. The molecule has 1 unspecified atom stereocenters. The van der Waals surface area contributed by atoms with E-state index in [1.165, 1.54) is 0 Å². The van der Waals surface area contributed by atoms with E-state index < -0.39 is 11.9 Å². The van der Waals surface area contributed by atoms with Gasteiger partial charge in [-0.1, -0.05) is 48.6 Å². The summed E-state index contributed by atoms with van der Waals surface area (Å²) in [4.78, 5) is 32.0. The lowest BCUT2D eigenvalue weighted by atomic mass is 10.0. The van der Waals surface area contributed by atoms with Crippen LogP contribution in [0.15, 0.2) is 76.8 Å². The molecule has 0 radical (unpaired) electrons. The van der Waals surface area contributed by atoms with Crippen molar-refractivity contribution in [3.05, 3.63) is 99.7 Å². The molecule has 4 heterocycles. The number of nitrogens with two attached hydrogens (primary N) is 1. The topological polar surface area (TPSA) is 125 Å². The van der Waals surface area contributed by atoms with Crippen molar-refractivity contribution >= 4 is 46.7 Å². The highest BCUT2D eigenvalue weighted by Crippen LogP contribution is 2.29. The molecule has 2 aromatic carbocycles. The first-order valence-electron chi connectivity index (χ1n) is 13.0. The molecule has 40 heavy (non-hydrogen) atoms. The van der Waals surface area contributed by atoms with Crippen LogP contribution in [0.3, 0.4) is 0 Å². The summed E-state index contributed by atoms with van der Waals surface area (Å²) in [5.41, 5.74) is 9.22. The van der Waals surface area contributed by atoms with Crippen LogP contribution in [0, 0.1) is 0 Å². The van der Waals surface area contributed by atoms with Gasteiger partial charge in [0.05, 0.1) is 17.6 Å². The number of pyridine rings is 1. The zero-order chi connectivity index (χ0) is 27.8. The number of hydrogen-bond acceptors (Lipinski definition) is 6. The van der Waals surface area contributed by atoms with Crippen LogP contribution in [0.1, 0.15) is 46.6 Å². The van der Waals surface area contributed by atoms with Gasteiger partial charge >= 0.3 is 0 Å². The summed E-state index contributed by atoms with van der Waals surface area (Å²) in [6.07, 6.45) is 10.0. The Balaban J connectivity index is 1.45. The molecule has 10 heteroatoms. The predicted molar refractivity (Wildman–Crippen MR) is 157 cm³/mol. The lowest BCUT2D eigenvalue weighted by Crippen LogP contribution is -2.32. The van der Waals surface area contributed by atoms with Gasteiger partial charge < -0.3 is 11.1 Å². The number of nitrogens with one attached hydrogen (secondary N) is 1. The van der Waals surface area contributed by atoms with Crippen molar-refractivity contribution in [2.45, 2.75) is 25.9 Å². The Bertz CT molecular complexity index is 1860.